The van der Waals surface area contributed by atoms with Gasteiger partial charge in [-0.25, -0.2) is 0 Å². The van der Waals surface area contributed by atoms with Crippen LogP contribution in [0, 0.1) is 0 Å². The van der Waals surface area contributed by atoms with Crippen LogP contribution in [0.3, 0.4) is 0 Å². The minimum atomic E-state index is -0.825. The number of thioether (sulfide) groups is 1. The van der Waals surface area contributed by atoms with Crippen molar-refractivity contribution in [3.63, 3.8) is 0 Å². The summed E-state index contributed by atoms with van der Waals surface area (Å²) in [6.45, 7) is 5.14. The maximum Gasteiger partial charge on any atom is 0.324 e. The molecular formula is C10H21NO3S. The molecule has 2 N–H and O–H groups in total. The van der Waals surface area contributed by atoms with Gasteiger partial charge in [-0.3, -0.25) is 4.79 Å². The molecule has 90 valence electrons. The van der Waals surface area contributed by atoms with E-state index >= 15 is 0 Å². The quantitative estimate of drug-likeness (QED) is 0.588. The van der Waals surface area contributed by atoms with Crippen molar-refractivity contribution in [2.45, 2.75) is 25.8 Å². The van der Waals surface area contributed by atoms with E-state index in [-0.39, 0.29) is 0 Å². The molecule has 4 nitrogen and oxygen atoms in total. The van der Waals surface area contributed by atoms with Gasteiger partial charge in [-0.05, 0) is 19.9 Å². The van der Waals surface area contributed by atoms with Crippen molar-refractivity contribution >= 4 is 17.7 Å². The SMILES string of the molecule is CCCNC(C)(CSCCOC)C(=O)O. The highest BCUT2D eigenvalue weighted by Crippen LogP contribution is 2.13. The van der Waals surface area contributed by atoms with E-state index in [2.05, 4.69) is 5.32 Å². The molecule has 0 saturated heterocycles. The molecular weight excluding hydrogens is 214 g/mol. The van der Waals surface area contributed by atoms with Crippen LogP contribution in [0.2, 0.25) is 0 Å². The summed E-state index contributed by atoms with van der Waals surface area (Å²) < 4.78 is 4.91. The van der Waals surface area contributed by atoms with Crippen LogP contribution < -0.4 is 5.32 Å². The highest BCUT2D eigenvalue weighted by molar-refractivity contribution is 7.99. The Morgan fingerprint density at radius 3 is 2.73 bits per heavy atom. The van der Waals surface area contributed by atoms with Gasteiger partial charge in [0.1, 0.15) is 5.54 Å². The molecule has 1 unspecified atom stereocenters. The van der Waals surface area contributed by atoms with Crippen LogP contribution in [0.15, 0.2) is 0 Å². The van der Waals surface area contributed by atoms with Gasteiger partial charge in [0.15, 0.2) is 0 Å². The van der Waals surface area contributed by atoms with Gasteiger partial charge in [-0.15, -0.1) is 0 Å². The van der Waals surface area contributed by atoms with Gasteiger partial charge in [0.25, 0.3) is 0 Å². The summed E-state index contributed by atoms with van der Waals surface area (Å²) in [6, 6.07) is 0. The van der Waals surface area contributed by atoms with Crippen molar-refractivity contribution in [3.05, 3.63) is 0 Å². The van der Waals surface area contributed by atoms with E-state index in [1.807, 2.05) is 6.92 Å². The molecule has 5 heteroatoms. The number of rotatable bonds is 9. The average Bonchev–Trinajstić information content (AvgIpc) is 2.21. The number of nitrogens with one attached hydrogen (secondary N) is 1. The normalized spacial score (nSPS) is 14.9. The summed E-state index contributed by atoms with van der Waals surface area (Å²) in [4.78, 5) is 11.1. The van der Waals surface area contributed by atoms with Crippen LogP contribution in [0.4, 0.5) is 0 Å². The number of aliphatic carboxylic acids is 1. The predicted octanol–water partition coefficient (Wildman–Crippen LogP) is 1.21. The van der Waals surface area contributed by atoms with Gasteiger partial charge < -0.3 is 15.2 Å². The second-order valence-electron chi connectivity index (χ2n) is 3.61. The zero-order valence-corrected chi connectivity index (χ0v) is 10.5. The van der Waals surface area contributed by atoms with Gasteiger partial charge in [0.2, 0.25) is 0 Å². The molecule has 0 rings (SSSR count). The van der Waals surface area contributed by atoms with Crippen LogP contribution in [0.25, 0.3) is 0 Å². The van der Waals surface area contributed by atoms with E-state index in [1.165, 1.54) is 0 Å². The zero-order chi connectivity index (χ0) is 11.7. The van der Waals surface area contributed by atoms with Crippen LogP contribution >= 0.6 is 11.8 Å². The van der Waals surface area contributed by atoms with Crippen molar-refractivity contribution in [1.29, 1.82) is 0 Å². The van der Waals surface area contributed by atoms with Crippen LogP contribution in [-0.2, 0) is 9.53 Å². The summed E-state index contributed by atoms with van der Waals surface area (Å²) in [5.41, 5.74) is -0.825. The second kappa shape index (κ2) is 7.96. The molecule has 0 aromatic heterocycles. The fraction of sp³-hybridized carbons (Fsp3) is 0.900. The molecule has 0 heterocycles. The molecule has 0 saturated carbocycles. The maximum atomic E-state index is 11.1. The van der Waals surface area contributed by atoms with Crippen molar-refractivity contribution < 1.29 is 14.6 Å². The summed E-state index contributed by atoms with van der Waals surface area (Å²) in [6.07, 6.45) is 0.936. The minimum Gasteiger partial charge on any atom is -0.480 e. The topological polar surface area (TPSA) is 58.6 Å². The zero-order valence-electron chi connectivity index (χ0n) is 9.71. The van der Waals surface area contributed by atoms with E-state index in [4.69, 9.17) is 9.84 Å². The van der Waals surface area contributed by atoms with E-state index in [9.17, 15) is 4.79 Å². The maximum absolute atomic E-state index is 11.1. The average molecular weight is 235 g/mol. The fourth-order valence-electron chi connectivity index (χ4n) is 1.01. The predicted molar refractivity (Wildman–Crippen MR) is 63.5 cm³/mol. The Labute approximate surface area is 95.8 Å². The molecule has 0 spiro atoms. The Morgan fingerprint density at radius 1 is 1.60 bits per heavy atom. The molecule has 0 aromatic carbocycles. The summed E-state index contributed by atoms with van der Waals surface area (Å²) >= 11 is 1.60. The second-order valence-corrected chi connectivity index (χ2v) is 4.71. The third kappa shape index (κ3) is 6.02. The van der Waals surface area contributed by atoms with Crippen molar-refractivity contribution in [1.82, 2.24) is 5.32 Å². The van der Waals surface area contributed by atoms with Gasteiger partial charge in [-0.1, -0.05) is 6.92 Å². The molecule has 0 radical (unpaired) electrons. The van der Waals surface area contributed by atoms with Crippen molar-refractivity contribution in [3.8, 4) is 0 Å². The molecule has 0 fully saturated rings. The number of carboxylic acid groups (broad SMARTS) is 1. The Morgan fingerprint density at radius 2 is 2.27 bits per heavy atom. The number of hydrogen-bond acceptors (Lipinski definition) is 4. The lowest BCUT2D eigenvalue weighted by atomic mass is 10.1. The number of ether oxygens (including phenoxy) is 1. The molecule has 0 aliphatic carbocycles. The third-order valence-electron chi connectivity index (χ3n) is 2.06. The molecule has 0 amide bonds. The van der Waals surface area contributed by atoms with Crippen LogP contribution in [0.5, 0.6) is 0 Å². The van der Waals surface area contributed by atoms with Crippen LogP contribution in [0.1, 0.15) is 20.3 Å². The van der Waals surface area contributed by atoms with Gasteiger partial charge >= 0.3 is 5.97 Å². The summed E-state index contributed by atoms with van der Waals surface area (Å²) in [7, 11) is 1.65. The monoisotopic (exact) mass is 235 g/mol. The van der Waals surface area contributed by atoms with Crippen molar-refractivity contribution in [2.75, 3.05) is 31.8 Å². The highest BCUT2D eigenvalue weighted by atomic mass is 32.2. The molecule has 0 aliphatic rings. The van der Waals surface area contributed by atoms with Crippen molar-refractivity contribution in [2.24, 2.45) is 0 Å². The first-order valence-corrected chi connectivity index (χ1v) is 6.27. The minimum absolute atomic E-state index is 0.561. The molecule has 0 bridgehead atoms. The first-order chi connectivity index (χ1) is 7.06. The lowest BCUT2D eigenvalue weighted by Crippen LogP contribution is -2.52. The molecule has 0 aromatic rings. The summed E-state index contributed by atoms with van der Waals surface area (Å²) in [5.74, 6) is 0.597. The summed E-state index contributed by atoms with van der Waals surface area (Å²) in [5, 5.41) is 12.2. The molecule has 0 aliphatic heterocycles. The number of carboxylic acids is 1. The van der Waals surface area contributed by atoms with E-state index < -0.39 is 11.5 Å². The Bertz CT molecular complexity index is 190. The fourth-order valence-corrected chi connectivity index (χ4v) is 2.07. The largest absolute Gasteiger partial charge is 0.480 e. The standard InChI is InChI=1S/C10H21NO3S/c1-4-5-11-10(2,9(12)13)8-15-7-6-14-3/h11H,4-8H2,1-3H3,(H,12,13). The molecule has 15 heavy (non-hydrogen) atoms. The number of carbonyl (C=O) groups is 1. The van der Waals surface area contributed by atoms with Gasteiger partial charge in [0, 0.05) is 18.6 Å². The number of methoxy groups -OCH3 is 1. The van der Waals surface area contributed by atoms with Gasteiger partial charge in [-0.2, -0.15) is 11.8 Å². The third-order valence-corrected chi connectivity index (χ3v) is 3.30. The highest BCUT2D eigenvalue weighted by Gasteiger charge is 2.31. The lowest BCUT2D eigenvalue weighted by Gasteiger charge is -2.25. The first-order valence-electron chi connectivity index (χ1n) is 5.12. The Balaban J connectivity index is 3.96. The Hall–Kier alpha value is -0.260. The van der Waals surface area contributed by atoms with Gasteiger partial charge in [0.05, 0.1) is 6.61 Å². The first kappa shape index (κ1) is 14.7. The van der Waals surface area contributed by atoms with E-state index in [1.54, 1.807) is 25.8 Å². The number of hydrogen-bond donors (Lipinski definition) is 2. The Kier molecular flexibility index (Phi) is 7.82. The molecule has 1 atom stereocenters. The lowest BCUT2D eigenvalue weighted by molar-refractivity contribution is -0.143. The van der Waals surface area contributed by atoms with E-state index in [0.29, 0.717) is 12.4 Å². The van der Waals surface area contributed by atoms with Crippen LogP contribution in [-0.4, -0.2) is 48.4 Å². The smallest absolute Gasteiger partial charge is 0.324 e. The van der Waals surface area contributed by atoms with E-state index in [0.717, 1.165) is 18.7 Å².